The Bertz CT molecular complexity index is 907. The fraction of sp³-hybridized carbons (Fsp3) is 0.200. The Hall–Kier alpha value is -2.62. The average Bonchev–Trinajstić information content (AvgIpc) is 3.11. The van der Waals surface area contributed by atoms with Crippen molar-refractivity contribution in [3.63, 3.8) is 0 Å². The van der Waals surface area contributed by atoms with E-state index in [4.69, 9.17) is 10.5 Å². The van der Waals surface area contributed by atoms with Crippen LogP contribution in [0.1, 0.15) is 19.5 Å². The molecular formula is C20H23FIN5O. The van der Waals surface area contributed by atoms with Gasteiger partial charge in [-0.05, 0) is 68.4 Å². The molecular weight excluding hydrogens is 472 g/mol. The summed E-state index contributed by atoms with van der Waals surface area (Å²) in [7, 11) is 0. The highest BCUT2D eigenvalue weighted by Crippen LogP contribution is 2.16. The van der Waals surface area contributed by atoms with Gasteiger partial charge in [0.15, 0.2) is 5.96 Å². The molecule has 28 heavy (non-hydrogen) atoms. The summed E-state index contributed by atoms with van der Waals surface area (Å²) in [5.74, 6) is 0.819. The summed E-state index contributed by atoms with van der Waals surface area (Å²) in [5, 5.41) is 7.45. The molecule has 0 aliphatic rings. The van der Waals surface area contributed by atoms with Crippen molar-refractivity contribution in [3.05, 3.63) is 72.3 Å². The van der Waals surface area contributed by atoms with E-state index in [0.717, 1.165) is 22.8 Å². The monoisotopic (exact) mass is 495 g/mol. The lowest BCUT2D eigenvalue weighted by Gasteiger charge is -2.10. The smallest absolute Gasteiger partial charge is 0.193 e. The first-order valence-electron chi connectivity index (χ1n) is 8.64. The van der Waals surface area contributed by atoms with Crippen molar-refractivity contribution in [2.45, 2.75) is 26.5 Å². The van der Waals surface area contributed by atoms with Crippen molar-refractivity contribution in [2.75, 3.05) is 5.32 Å². The first-order chi connectivity index (χ1) is 13.0. The van der Waals surface area contributed by atoms with Gasteiger partial charge in [0.1, 0.15) is 11.6 Å². The molecule has 0 saturated heterocycles. The van der Waals surface area contributed by atoms with Gasteiger partial charge in [-0.1, -0.05) is 0 Å². The number of halogens is 2. The Balaban J connectivity index is 0.00000280. The van der Waals surface area contributed by atoms with E-state index in [1.807, 2.05) is 44.2 Å². The molecule has 3 rings (SSSR count). The number of nitrogens with two attached hydrogens (primary N) is 1. The van der Waals surface area contributed by atoms with Crippen LogP contribution in [0.3, 0.4) is 0 Å². The molecule has 0 radical (unpaired) electrons. The van der Waals surface area contributed by atoms with Crippen LogP contribution >= 0.6 is 24.0 Å². The summed E-state index contributed by atoms with van der Waals surface area (Å²) in [6, 6.07) is 15.5. The summed E-state index contributed by atoms with van der Waals surface area (Å²) >= 11 is 0. The summed E-state index contributed by atoms with van der Waals surface area (Å²) in [6.07, 6.45) is 1.93. The molecule has 0 amide bonds. The van der Waals surface area contributed by atoms with Crippen LogP contribution in [0.25, 0.3) is 5.69 Å². The van der Waals surface area contributed by atoms with E-state index < -0.39 is 0 Å². The lowest BCUT2D eigenvalue weighted by atomic mass is 10.3. The van der Waals surface area contributed by atoms with Gasteiger partial charge in [-0.15, -0.1) is 24.0 Å². The Morgan fingerprint density at radius 2 is 1.82 bits per heavy atom. The lowest BCUT2D eigenvalue weighted by molar-refractivity contribution is 0.242. The van der Waals surface area contributed by atoms with Crippen molar-refractivity contribution >= 4 is 35.6 Å². The van der Waals surface area contributed by atoms with E-state index in [2.05, 4.69) is 15.4 Å². The maximum atomic E-state index is 13.0. The summed E-state index contributed by atoms with van der Waals surface area (Å²) < 4.78 is 20.3. The molecule has 0 fully saturated rings. The van der Waals surface area contributed by atoms with Gasteiger partial charge in [0.05, 0.1) is 24.0 Å². The van der Waals surface area contributed by atoms with Crippen molar-refractivity contribution in [2.24, 2.45) is 10.7 Å². The van der Waals surface area contributed by atoms with Crippen molar-refractivity contribution < 1.29 is 9.13 Å². The van der Waals surface area contributed by atoms with Crippen LogP contribution in [0.4, 0.5) is 10.1 Å². The summed E-state index contributed by atoms with van der Waals surface area (Å²) in [6.45, 7) is 4.30. The molecule has 0 bridgehead atoms. The minimum absolute atomic E-state index is 0. The van der Waals surface area contributed by atoms with Gasteiger partial charge in [-0.2, -0.15) is 5.10 Å². The average molecular weight is 495 g/mol. The number of benzene rings is 2. The van der Waals surface area contributed by atoms with E-state index in [1.54, 1.807) is 23.0 Å². The number of hydrogen-bond acceptors (Lipinski definition) is 3. The standard InChI is InChI=1S/C20H22FN5O.HI/c1-14(2)27-19-9-5-16(6-10-19)24-20(22)23-13-17-11-12-26(25-17)18-7-3-15(21)4-8-18;/h3-12,14H,13H2,1-2H3,(H3,22,23,24);1H. The van der Waals surface area contributed by atoms with Crippen molar-refractivity contribution in [3.8, 4) is 11.4 Å². The highest BCUT2D eigenvalue weighted by atomic mass is 127. The molecule has 3 N–H and O–H groups in total. The zero-order chi connectivity index (χ0) is 19.2. The van der Waals surface area contributed by atoms with Crippen LogP contribution in [0, 0.1) is 5.82 Å². The molecule has 6 nitrogen and oxygen atoms in total. The number of anilines is 1. The lowest BCUT2D eigenvalue weighted by Crippen LogP contribution is -2.22. The van der Waals surface area contributed by atoms with Gasteiger partial charge >= 0.3 is 0 Å². The molecule has 0 aliphatic carbocycles. The fourth-order valence-corrected chi connectivity index (χ4v) is 2.43. The third-order valence-corrected chi connectivity index (χ3v) is 3.65. The molecule has 0 unspecified atom stereocenters. The number of nitrogens with one attached hydrogen (secondary N) is 1. The highest BCUT2D eigenvalue weighted by molar-refractivity contribution is 14.0. The Kier molecular flexibility index (Phi) is 7.80. The second-order valence-corrected chi connectivity index (χ2v) is 6.25. The van der Waals surface area contributed by atoms with Crippen molar-refractivity contribution in [1.29, 1.82) is 0 Å². The minimum atomic E-state index is -0.279. The number of hydrogen-bond donors (Lipinski definition) is 2. The fourth-order valence-electron chi connectivity index (χ4n) is 2.43. The molecule has 1 aromatic heterocycles. The quantitative estimate of drug-likeness (QED) is 0.303. The maximum absolute atomic E-state index is 13.0. The van der Waals surface area contributed by atoms with Crippen LogP contribution in [-0.2, 0) is 6.54 Å². The molecule has 0 atom stereocenters. The van der Waals surface area contributed by atoms with Crippen LogP contribution in [0.15, 0.2) is 65.8 Å². The molecule has 1 heterocycles. The first-order valence-corrected chi connectivity index (χ1v) is 8.64. The zero-order valence-corrected chi connectivity index (χ0v) is 18.0. The van der Waals surface area contributed by atoms with Gasteiger partial charge in [-0.25, -0.2) is 14.1 Å². The molecule has 148 valence electrons. The Labute approximate surface area is 180 Å². The second-order valence-electron chi connectivity index (χ2n) is 6.25. The van der Waals surface area contributed by atoms with E-state index >= 15 is 0 Å². The maximum Gasteiger partial charge on any atom is 0.193 e. The molecule has 0 saturated carbocycles. The molecule has 0 aliphatic heterocycles. The van der Waals surface area contributed by atoms with Crippen LogP contribution in [0.5, 0.6) is 5.75 Å². The summed E-state index contributed by atoms with van der Waals surface area (Å²) in [4.78, 5) is 4.30. The number of guanidine groups is 1. The normalized spacial score (nSPS) is 11.2. The number of rotatable bonds is 6. The van der Waals surface area contributed by atoms with Crippen LogP contribution in [0.2, 0.25) is 0 Å². The molecule has 2 aromatic carbocycles. The summed E-state index contributed by atoms with van der Waals surface area (Å²) in [5.41, 5.74) is 8.30. The van der Waals surface area contributed by atoms with E-state index in [1.165, 1.54) is 12.1 Å². The van der Waals surface area contributed by atoms with Crippen molar-refractivity contribution in [1.82, 2.24) is 9.78 Å². The predicted molar refractivity (Wildman–Crippen MR) is 120 cm³/mol. The van der Waals surface area contributed by atoms with Crippen LogP contribution < -0.4 is 15.8 Å². The third-order valence-electron chi connectivity index (χ3n) is 3.65. The Morgan fingerprint density at radius 1 is 1.14 bits per heavy atom. The number of nitrogens with zero attached hydrogens (tertiary/aromatic N) is 3. The highest BCUT2D eigenvalue weighted by Gasteiger charge is 2.03. The SMILES string of the molecule is CC(C)Oc1ccc(NC(N)=NCc2ccn(-c3ccc(F)cc3)n2)cc1.I. The number of ether oxygens (including phenoxy) is 1. The number of aliphatic imine (C=N–C) groups is 1. The van der Waals surface area contributed by atoms with E-state index in [-0.39, 0.29) is 35.9 Å². The molecule has 8 heteroatoms. The Morgan fingerprint density at radius 3 is 2.46 bits per heavy atom. The number of aromatic nitrogens is 2. The minimum Gasteiger partial charge on any atom is -0.491 e. The first kappa shape index (κ1) is 21.7. The van der Waals surface area contributed by atoms with Gasteiger partial charge in [0.2, 0.25) is 0 Å². The van der Waals surface area contributed by atoms with Gasteiger partial charge in [-0.3, -0.25) is 0 Å². The topological polar surface area (TPSA) is 77.5 Å². The second kappa shape index (κ2) is 10.1. The van der Waals surface area contributed by atoms with E-state index in [9.17, 15) is 4.39 Å². The molecule has 0 spiro atoms. The zero-order valence-electron chi connectivity index (χ0n) is 15.7. The van der Waals surface area contributed by atoms with Crippen LogP contribution in [-0.4, -0.2) is 21.8 Å². The molecule has 3 aromatic rings. The van der Waals surface area contributed by atoms with Gasteiger partial charge in [0, 0.05) is 11.9 Å². The predicted octanol–water partition coefficient (Wildman–Crippen LogP) is 4.34. The van der Waals surface area contributed by atoms with Gasteiger partial charge < -0.3 is 15.8 Å². The van der Waals surface area contributed by atoms with E-state index in [0.29, 0.717) is 12.5 Å². The largest absolute Gasteiger partial charge is 0.491 e. The third kappa shape index (κ3) is 6.22. The van der Waals surface area contributed by atoms with Gasteiger partial charge in [0.25, 0.3) is 0 Å².